The minimum absolute atomic E-state index is 0.235. The molecule has 4 nitrogen and oxygen atoms in total. The molecular weight excluding hydrogens is 166 g/mol. The number of nitrogens with zero attached hydrogens (tertiary/aromatic N) is 2. The highest BCUT2D eigenvalue weighted by molar-refractivity contribution is 4.83. The zero-order chi connectivity index (χ0) is 9.10. The molecule has 0 spiro atoms. The molecule has 1 aromatic rings. The van der Waals surface area contributed by atoms with Crippen LogP contribution in [0.5, 0.6) is 0 Å². The molecule has 1 aliphatic rings. The number of nitrogens with one attached hydrogen (secondary N) is 1. The summed E-state index contributed by atoms with van der Waals surface area (Å²) < 4.78 is 7.59. The average molecular weight is 180 g/mol. The Bertz CT molecular complexity index is 241. The highest BCUT2D eigenvalue weighted by atomic mass is 16.5. The second kappa shape index (κ2) is 3.89. The molecule has 1 aromatic heterocycles. The Kier molecular flexibility index (Phi) is 2.61. The number of morpholine rings is 1. The third kappa shape index (κ3) is 1.89. The van der Waals surface area contributed by atoms with Gasteiger partial charge in [-0.15, -0.1) is 0 Å². The highest BCUT2D eigenvalue weighted by Crippen LogP contribution is 2.14. The summed E-state index contributed by atoms with van der Waals surface area (Å²) in [6, 6.07) is 0.301. The van der Waals surface area contributed by atoms with Gasteiger partial charge in [0.05, 0.1) is 18.8 Å². The first-order chi connectivity index (χ1) is 6.38. The van der Waals surface area contributed by atoms with Crippen LogP contribution >= 0.6 is 0 Å². The largest absolute Gasteiger partial charge is 0.373 e. The Balaban J connectivity index is 1.99. The van der Waals surface area contributed by atoms with E-state index in [-0.39, 0.29) is 6.10 Å². The first kappa shape index (κ1) is 8.72. The normalized spacial score (nSPS) is 25.8. The summed E-state index contributed by atoms with van der Waals surface area (Å²) in [4.78, 5) is 3.90. The Labute approximate surface area is 77.9 Å². The zero-order valence-corrected chi connectivity index (χ0v) is 7.73. The van der Waals surface area contributed by atoms with Crippen molar-refractivity contribution in [3.63, 3.8) is 0 Å². The summed E-state index contributed by atoms with van der Waals surface area (Å²) in [6.45, 7) is 4.78. The van der Waals surface area contributed by atoms with Gasteiger partial charge in [0, 0.05) is 25.5 Å². The molecule has 2 rings (SSSR count). The standard InChI is InChI=1S/C9H14N3O/c1-8(12-4-2-11-7-12)9-6-10-3-5-13-9/h2,4,8-10H,3,5-6H2,1H3. The van der Waals surface area contributed by atoms with Crippen LogP contribution in [-0.2, 0) is 4.74 Å². The molecule has 2 heterocycles. The van der Waals surface area contributed by atoms with Crippen LogP contribution in [0.2, 0.25) is 0 Å². The third-order valence-corrected chi connectivity index (χ3v) is 2.41. The van der Waals surface area contributed by atoms with Crippen molar-refractivity contribution in [2.45, 2.75) is 19.1 Å². The van der Waals surface area contributed by atoms with Crippen LogP contribution in [0.25, 0.3) is 0 Å². The van der Waals surface area contributed by atoms with Crippen molar-refractivity contribution in [2.75, 3.05) is 19.7 Å². The van der Waals surface area contributed by atoms with Gasteiger partial charge in [-0.3, -0.25) is 0 Å². The van der Waals surface area contributed by atoms with E-state index in [1.165, 1.54) is 0 Å². The maximum absolute atomic E-state index is 5.63. The van der Waals surface area contributed by atoms with Gasteiger partial charge < -0.3 is 14.6 Å². The molecule has 2 atom stereocenters. The lowest BCUT2D eigenvalue weighted by molar-refractivity contribution is -0.000592. The van der Waals surface area contributed by atoms with E-state index in [1.807, 2.05) is 10.8 Å². The van der Waals surface area contributed by atoms with Crippen LogP contribution in [0.15, 0.2) is 12.4 Å². The van der Waals surface area contributed by atoms with E-state index in [0.717, 1.165) is 19.7 Å². The molecule has 1 aliphatic heterocycles. The predicted octanol–water partition coefficient (Wildman–Crippen LogP) is 0.233. The summed E-state index contributed by atoms with van der Waals surface area (Å²) in [7, 11) is 0. The third-order valence-electron chi connectivity index (χ3n) is 2.41. The Morgan fingerprint density at radius 3 is 3.31 bits per heavy atom. The van der Waals surface area contributed by atoms with E-state index >= 15 is 0 Å². The summed E-state index contributed by atoms with van der Waals surface area (Å²) in [6.07, 6.45) is 6.79. The first-order valence-electron chi connectivity index (χ1n) is 4.61. The second-order valence-electron chi connectivity index (χ2n) is 3.29. The molecular formula is C9H14N3O. The van der Waals surface area contributed by atoms with Gasteiger partial charge in [0.15, 0.2) is 6.33 Å². The molecule has 0 aromatic carbocycles. The molecule has 2 unspecified atom stereocenters. The molecule has 0 saturated carbocycles. The van der Waals surface area contributed by atoms with Gasteiger partial charge in [-0.25, -0.2) is 4.98 Å². The molecule has 13 heavy (non-hydrogen) atoms. The zero-order valence-electron chi connectivity index (χ0n) is 7.73. The molecule has 1 saturated heterocycles. The fourth-order valence-electron chi connectivity index (χ4n) is 1.54. The fourth-order valence-corrected chi connectivity index (χ4v) is 1.54. The summed E-state index contributed by atoms with van der Waals surface area (Å²) in [5, 5.41) is 3.31. The molecule has 0 aliphatic carbocycles. The quantitative estimate of drug-likeness (QED) is 0.708. The van der Waals surface area contributed by atoms with E-state index < -0.39 is 0 Å². The van der Waals surface area contributed by atoms with Gasteiger partial charge in [0.25, 0.3) is 0 Å². The lowest BCUT2D eigenvalue weighted by atomic mass is 10.1. The Morgan fingerprint density at radius 2 is 2.69 bits per heavy atom. The lowest BCUT2D eigenvalue weighted by Gasteiger charge is -2.29. The van der Waals surface area contributed by atoms with E-state index in [9.17, 15) is 0 Å². The summed E-state index contributed by atoms with van der Waals surface area (Å²) >= 11 is 0. The van der Waals surface area contributed by atoms with Crippen molar-refractivity contribution >= 4 is 0 Å². The molecule has 4 heteroatoms. The number of hydrogen-bond acceptors (Lipinski definition) is 3. The van der Waals surface area contributed by atoms with Crippen molar-refractivity contribution in [1.82, 2.24) is 14.9 Å². The molecule has 71 valence electrons. The monoisotopic (exact) mass is 180 g/mol. The van der Waals surface area contributed by atoms with Crippen molar-refractivity contribution in [1.29, 1.82) is 0 Å². The summed E-state index contributed by atoms with van der Waals surface area (Å²) in [5.41, 5.74) is 0. The maximum Gasteiger partial charge on any atom is 0.176 e. The van der Waals surface area contributed by atoms with E-state index in [1.54, 1.807) is 6.20 Å². The van der Waals surface area contributed by atoms with Crippen molar-refractivity contribution in [3.8, 4) is 0 Å². The molecule has 1 fully saturated rings. The Morgan fingerprint density at radius 1 is 1.77 bits per heavy atom. The average Bonchev–Trinajstić information content (AvgIpc) is 2.71. The van der Waals surface area contributed by atoms with Crippen LogP contribution in [0.1, 0.15) is 13.0 Å². The van der Waals surface area contributed by atoms with Gasteiger partial charge in [0.2, 0.25) is 0 Å². The number of rotatable bonds is 2. The van der Waals surface area contributed by atoms with Gasteiger partial charge in [-0.2, -0.15) is 0 Å². The van der Waals surface area contributed by atoms with Crippen molar-refractivity contribution in [3.05, 3.63) is 18.7 Å². The Hall–Kier alpha value is -0.870. The van der Waals surface area contributed by atoms with Crippen LogP contribution < -0.4 is 5.32 Å². The fraction of sp³-hybridized carbons (Fsp3) is 0.667. The smallest absolute Gasteiger partial charge is 0.176 e. The van der Waals surface area contributed by atoms with Crippen molar-refractivity contribution in [2.24, 2.45) is 0 Å². The molecule has 1 radical (unpaired) electrons. The van der Waals surface area contributed by atoms with Crippen LogP contribution in [0.3, 0.4) is 0 Å². The van der Waals surface area contributed by atoms with E-state index in [4.69, 9.17) is 4.74 Å². The summed E-state index contributed by atoms with van der Waals surface area (Å²) in [5.74, 6) is 0. The lowest BCUT2D eigenvalue weighted by Crippen LogP contribution is -2.42. The molecule has 0 bridgehead atoms. The SMILES string of the molecule is CC(C1CNCCO1)n1[c]ncc1. The topological polar surface area (TPSA) is 39.1 Å². The predicted molar refractivity (Wildman–Crippen MR) is 48.4 cm³/mol. The number of hydrogen-bond donors (Lipinski definition) is 1. The van der Waals surface area contributed by atoms with Gasteiger partial charge >= 0.3 is 0 Å². The minimum atomic E-state index is 0.235. The molecule has 0 amide bonds. The number of aromatic nitrogens is 2. The van der Waals surface area contributed by atoms with Crippen LogP contribution in [-0.4, -0.2) is 35.4 Å². The minimum Gasteiger partial charge on any atom is -0.373 e. The van der Waals surface area contributed by atoms with Gasteiger partial charge in [-0.1, -0.05) is 0 Å². The van der Waals surface area contributed by atoms with E-state index in [0.29, 0.717) is 6.04 Å². The van der Waals surface area contributed by atoms with Crippen LogP contribution in [0, 0.1) is 6.33 Å². The van der Waals surface area contributed by atoms with Gasteiger partial charge in [0.1, 0.15) is 0 Å². The second-order valence-corrected chi connectivity index (χ2v) is 3.29. The molecule has 1 N–H and O–H groups in total. The highest BCUT2D eigenvalue weighted by Gasteiger charge is 2.21. The van der Waals surface area contributed by atoms with Crippen LogP contribution in [0.4, 0.5) is 0 Å². The number of ether oxygens (including phenoxy) is 1. The van der Waals surface area contributed by atoms with Gasteiger partial charge in [-0.05, 0) is 6.92 Å². The maximum atomic E-state index is 5.63. The number of imidazole rings is 1. The first-order valence-corrected chi connectivity index (χ1v) is 4.61. The van der Waals surface area contributed by atoms with E-state index in [2.05, 4.69) is 23.6 Å². The van der Waals surface area contributed by atoms with Crippen molar-refractivity contribution < 1.29 is 4.74 Å².